The summed E-state index contributed by atoms with van der Waals surface area (Å²) in [5.74, 6) is -0.0125. The maximum atomic E-state index is 12.1. The van der Waals surface area contributed by atoms with E-state index in [1.54, 1.807) is 6.92 Å². The Morgan fingerprint density at radius 2 is 2.18 bits per heavy atom. The summed E-state index contributed by atoms with van der Waals surface area (Å²) >= 11 is 0. The monoisotopic (exact) mass is 242 g/mol. The molecule has 1 saturated heterocycles. The maximum absolute atomic E-state index is 12.1. The van der Waals surface area contributed by atoms with Gasteiger partial charge in [-0.15, -0.1) is 0 Å². The summed E-state index contributed by atoms with van der Waals surface area (Å²) in [7, 11) is 0. The zero-order valence-corrected chi connectivity index (χ0v) is 10.7. The zero-order valence-electron chi connectivity index (χ0n) is 10.7. The molecular formula is C13H22O4. The number of carbonyl (C=O) groups excluding carboxylic acids is 1. The van der Waals surface area contributed by atoms with E-state index in [4.69, 9.17) is 9.47 Å². The van der Waals surface area contributed by atoms with Gasteiger partial charge in [0, 0.05) is 19.6 Å². The Bertz CT molecular complexity index is 294. The van der Waals surface area contributed by atoms with Gasteiger partial charge in [-0.05, 0) is 32.1 Å². The van der Waals surface area contributed by atoms with Crippen molar-refractivity contribution in [2.24, 2.45) is 11.3 Å². The molecule has 0 spiro atoms. The third kappa shape index (κ3) is 1.97. The fourth-order valence-electron chi connectivity index (χ4n) is 3.19. The number of rotatable bonds is 3. The van der Waals surface area contributed by atoms with Gasteiger partial charge in [-0.2, -0.15) is 0 Å². The standard InChI is InChI=1S/C13H22O4/c1-3-17-11(14)13(9-10(13)2)12(15)5-4-7-16-8-6-12/h10,15H,3-9H2,1-2H3. The van der Waals surface area contributed by atoms with Crippen LogP contribution in [0.3, 0.4) is 0 Å². The fourth-order valence-corrected chi connectivity index (χ4v) is 3.19. The summed E-state index contributed by atoms with van der Waals surface area (Å²) in [5.41, 5.74) is -1.61. The third-order valence-corrected chi connectivity index (χ3v) is 4.32. The molecule has 4 heteroatoms. The molecular weight excluding hydrogens is 220 g/mol. The van der Waals surface area contributed by atoms with E-state index in [-0.39, 0.29) is 11.9 Å². The number of esters is 1. The average Bonchev–Trinajstić information content (AvgIpc) is 3.00. The van der Waals surface area contributed by atoms with Crippen LogP contribution in [0.4, 0.5) is 0 Å². The van der Waals surface area contributed by atoms with E-state index in [1.807, 2.05) is 6.92 Å². The van der Waals surface area contributed by atoms with Gasteiger partial charge < -0.3 is 14.6 Å². The minimum Gasteiger partial charge on any atom is -0.465 e. The van der Waals surface area contributed by atoms with Gasteiger partial charge in [0.05, 0.1) is 17.6 Å². The van der Waals surface area contributed by atoms with Gasteiger partial charge >= 0.3 is 5.97 Å². The summed E-state index contributed by atoms with van der Waals surface area (Å²) < 4.78 is 10.5. The summed E-state index contributed by atoms with van der Waals surface area (Å²) in [5, 5.41) is 10.8. The molecule has 2 aliphatic rings. The van der Waals surface area contributed by atoms with Crippen molar-refractivity contribution in [1.29, 1.82) is 0 Å². The summed E-state index contributed by atoms with van der Waals surface area (Å²) in [6.07, 6.45) is 2.72. The van der Waals surface area contributed by atoms with Crippen LogP contribution in [0.25, 0.3) is 0 Å². The molecule has 1 heterocycles. The molecule has 1 N–H and O–H groups in total. The van der Waals surface area contributed by atoms with Crippen LogP contribution in [0, 0.1) is 11.3 Å². The van der Waals surface area contributed by atoms with E-state index < -0.39 is 11.0 Å². The van der Waals surface area contributed by atoms with Crippen molar-refractivity contribution in [1.82, 2.24) is 0 Å². The van der Waals surface area contributed by atoms with Crippen LogP contribution in [0.2, 0.25) is 0 Å². The molecule has 0 radical (unpaired) electrons. The lowest BCUT2D eigenvalue weighted by Gasteiger charge is -2.34. The van der Waals surface area contributed by atoms with Gasteiger partial charge in [0.15, 0.2) is 0 Å². The Hall–Kier alpha value is -0.610. The minimum atomic E-state index is -0.935. The van der Waals surface area contributed by atoms with E-state index in [9.17, 15) is 9.90 Å². The highest BCUT2D eigenvalue weighted by Gasteiger charge is 2.69. The number of aliphatic hydroxyl groups is 1. The number of hydrogen-bond donors (Lipinski definition) is 1. The van der Waals surface area contributed by atoms with Gasteiger partial charge in [0.25, 0.3) is 0 Å². The molecule has 0 aromatic rings. The largest absolute Gasteiger partial charge is 0.465 e. The minimum absolute atomic E-state index is 0.213. The Morgan fingerprint density at radius 3 is 2.76 bits per heavy atom. The Kier molecular flexibility index (Phi) is 3.46. The fraction of sp³-hybridized carbons (Fsp3) is 0.923. The molecule has 0 aromatic carbocycles. The highest BCUT2D eigenvalue weighted by atomic mass is 16.5. The van der Waals surface area contributed by atoms with Crippen LogP contribution in [-0.4, -0.2) is 36.5 Å². The SMILES string of the molecule is CCOC(=O)C1(C2(O)CCCOCC2)CC1C. The summed E-state index contributed by atoms with van der Waals surface area (Å²) in [6.45, 7) is 5.40. The molecule has 0 bridgehead atoms. The van der Waals surface area contributed by atoms with Crippen LogP contribution in [0.1, 0.15) is 39.5 Å². The van der Waals surface area contributed by atoms with Crippen molar-refractivity contribution in [2.45, 2.75) is 45.1 Å². The molecule has 3 unspecified atom stereocenters. The van der Waals surface area contributed by atoms with Crippen LogP contribution in [-0.2, 0) is 14.3 Å². The predicted molar refractivity (Wildman–Crippen MR) is 62.5 cm³/mol. The lowest BCUT2D eigenvalue weighted by Crippen LogP contribution is -2.46. The molecule has 2 fully saturated rings. The van der Waals surface area contributed by atoms with Crippen LogP contribution in [0.15, 0.2) is 0 Å². The molecule has 0 amide bonds. The second-order valence-electron chi connectivity index (χ2n) is 5.29. The quantitative estimate of drug-likeness (QED) is 0.762. The summed E-state index contributed by atoms with van der Waals surface area (Å²) in [4.78, 5) is 12.1. The lowest BCUT2D eigenvalue weighted by atomic mass is 9.77. The molecule has 4 nitrogen and oxygen atoms in total. The third-order valence-electron chi connectivity index (χ3n) is 4.32. The molecule has 0 aromatic heterocycles. The molecule has 1 aliphatic heterocycles. The number of carbonyl (C=O) groups is 1. The first-order valence-electron chi connectivity index (χ1n) is 6.54. The Morgan fingerprint density at radius 1 is 1.47 bits per heavy atom. The van der Waals surface area contributed by atoms with E-state index in [0.717, 1.165) is 12.8 Å². The average molecular weight is 242 g/mol. The smallest absolute Gasteiger partial charge is 0.315 e. The predicted octanol–water partition coefficient (Wildman–Crippen LogP) is 1.51. The second-order valence-corrected chi connectivity index (χ2v) is 5.29. The molecule has 3 atom stereocenters. The van der Waals surface area contributed by atoms with Gasteiger partial charge in [-0.3, -0.25) is 4.79 Å². The van der Waals surface area contributed by atoms with Crippen molar-refractivity contribution in [3.8, 4) is 0 Å². The van der Waals surface area contributed by atoms with Crippen LogP contribution >= 0.6 is 0 Å². The van der Waals surface area contributed by atoms with E-state index in [1.165, 1.54) is 0 Å². The lowest BCUT2D eigenvalue weighted by molar-refractivity contribution is -0.165. The first-order chi connectivity index (χ1) is 8.07. The van der Waals surface area contributed by atoms with E-state index in [0.29, 0.717) is 32.7 Å². The molecule has 1 aliphatic carbocycles. The van der Waals surface area contributed by atoms with Crippen molar-refractivity contribution in [3.63, 3.8) is 0 Å². The first kappa shape index (κ1) is 12.8. The van der Waals surface area contributed by atoms with Crippen molar-refractivity contribution in [2.75, 3.05) is 19.8 Å². The second kappa shape index (κ2) is 4.58. The van der Waals surface area contributed by atoms with Crippen molar-refractivity contribution < 1.29 is 19.4 Å². The first-order valence-corrected chi connectivity index (χ1v) is 6.54. The van der Waals surface area contributed by atoms with Crippen molar-refractivity contribution >= 4 is 5.97 Å². The van der Waals surface area contributed by atoms with Crippen LogP contribution in [0.5, 0.6) is 0 Å². The van der Waals surface area contributed by atoms with Crippen molar-refractivity contribution in [3.05, 3.63) is 0 Å². The van der Waals surface area contributed by atoms with Gasteiger partial charge in [-0.1, -0.05) is 6.92 Å². The van der Waals surface area contributed by atoms with Crippen LogP contribution < -0.4 is 0 Å². The van der Waals surface area contributed by atoms with Gasteiger partial charge in [0.2, 0.25) is 0 Å². The molecule has 1 saturated carbocycles. The normalized spacial score (nSPS) is 41.7. The highest BCUT2D eigenvalue weighted by molar-refractivity contribution is 5.82. The van der Waals surface area contributed by atoms with E-state index >= 15 is 0 Å². The summed E-state index contributed by atoms with van der Waals surface area (Å²) in [6, 6.07) is 0. The zero-order chi connectivity index (χ0) is 12.5. The topological polar surface area (TPSA) is 55.8 Å². The number of hydrogen-bond acceptors (Lipinski definition) is 4. The molecule has 17 heavy (non-hydrogen) atoms. The molecule has 2 rings (SSSR count). The van der Waals surface area contributed by atoms with E-state index in [2.05, 4.69) is 0 Å². The van der Waals surface area contributed by atoms with Gasteiger partial charge in [-0.25, -0.2) is 0 Å². The highest BCUT2D eigenvalue weighted by Crippen LogP contribution is 2.62. The number of ether oxygens (including phenoxy) is 2. The maximum Gasteiger partial charge on any atom is 0.315 e. The van der Waals surface area contributed by atoms with Gasteiger partial charge in [0.1, 0.15) is 0 Å². The Balaban J connectivity index is 2.19. The molecule has 98 valence electrons. The Labute approximate surface area is 102 Å².